The highest BCUT2D eigenvalue weighted by atomic mass is 16.5. The summed E-state index contributed by atoms with van der Waals surface area (Å²) in [6.07, 6.45) is 16.0. The maximum absolute atomic E-state index is 14.3. The van der Waals surface area contributed by atoms with Crippen molar-refractivity contribution in [3.8, 4) is 0 Å². The Bertz CT molecular complexity index is 1200. The van der Waals surface area contributed by atoms with Gasteiger partial charge in [0.15, 0.2) is 0 Å². The summed E-state index contributed by atoms with van der Waals surface area (Å²) < 4.78 is 5.94. The van der Waals surface area contributed by atoms with Crippen molar-refractivity contribution < 1.29 is 19.1 Å². The van der Waals surface area contributed by atoms with E-state index in [0.717, 1.165) is 90.0 Å². The van der Waals surface area contributed by atoms with E-state index >= 15 is 0 Å². The quantitative estimate of drug-likeness (QED) is 0.142. The number of hydrogen-bond donors (Lipinski definition) is 2. The van der Waals surface area contributed by atoms with Gasteiger partial charge < -0.3 is 10.5 Å². The molecular formula is C40H66N2O4. The molecule has 0 aromatic carbocycles. The Balaban J connectivity index is 1.38. The molecule has 0 bridgehead atoms. The molecule has 5 aliphatic rings. The first-order valence-electron chi connectivity index (χ1n) is 19.0. The Morgan fingerprint density at radius 3 is 2.15 bits per heavy atom. The van der Waals surface area contributed by atoms with Gasteiger partial charge in [0.25, 0.3) is 0 Å². The van der Waals surface area contributed by atoms with E-state index in [1.165, 1.54) is 18.4 Å². The molecule has 1 unspecified atom stereocenters. The lowest BCUT2D eigenvalue weighted by Crippen LogP contribution is -2.67. The number of unbranched alkanes of at least 4 members (excludes halogenated alkanes) is 4. The average Bonchev–Trinajstić information content (AvgIpc) is 3.38. The number of allylic oxidation sites excluding steroid dienone is 1. The Labute approximate surface area is 280 Å². The number of ether oxygens (including phenoxy) is 1. The highest BCUT2D eigenvalue weighted by Crippen LogP contribution is 2.77. The summed E-state index contributed by atoms with van der Waals surface area (Å²) in [5.74, 6) is 1.89. The fourth-order valence-electron chi connectivity index (χ4n) is 13.2. The van der Waals surface area contributed by atoms with Crippen molar-refractivity contribution in [3.05, 3.63) is 12.2 Å². The van der Waals surface area contributed by atoms with E-state index in [2.05, 4.69) is 53.4 Å². The number of carbonyl (C=O) groups excluding carboxylic acids is 3. The SMILES string of the molecule is C=C(C)[C@@H]1CC[C@]2(C(=O)NC(=O)CCCCCCCN)CC[C@]3(C)[C@H](CCC4[C@@]5(C)CC[C@H](OC(C)=O)C(C)(C)[C@@H]5CC[C@]43C)[C@@H]12. The van der Waals surface area contributed by atoms with Crippen LogP contribution in [0.4, 0.5) is 0 Å². The zero-order valence-corrected chi connectivity index (χ0v) is 30.4. The summed E-state index contributed by atoms with van der Waals surface area (Å²) in [4.78, 5) is 39.4. The molecule has 260 valence electrons. The molecule has 0 aromatic heterocycles. The lowest BCUT2D eigenvalue weighted by atomic mass is 9.32. The number of hydrogen-bond acceptors (Lipinski definition) is 5. The molecular weight excluding hydrogens is 572 g/mol. The van der Waals surface area contributed by atoms with E-state index in [1.54, 1.807) is 6.92 Å². The van der Waals surface area contributed by atoms with Gasteiger partial charge in [0.05, 0.1) is 5.41 Å². The summed E-state index contributed by atoms with van der Waals surface area (Å²) in [6, 6.07) is 0. The molecule has 6 nitrogen and oxygen atoms in total. The van der Waals surface area contributed by atoms with Crippen molar-refractivity contribution in [2.24, 2.45) is 62.4 Å². The predicted octanol–water partition coefficient (Wildman–Crippen LogP) is 8.52. The number of imide groups is 1. The smallest absolute Gasteiger partial charge is 0.302 e. The van der Waals surface area contributed by atoms with E-state index in [1.807, 2.05) is 0 Å². The van der Waals surface area contributed by atoms with Gasteiger partial charge in [0, 0.05) is 18.8 Å². The minimum atomic E-state index is -0.473. The number of nitrogens with one attached hydrogen (secondary N) is 1. The van der Waals surface area contributed by atoms with Crippen molar-refractivity contribution >= 4 is 17.8 Å². The summed E-state index contributed by atoms with van der Waals surface area (Å²) >= 11 is 0. The van der Waals surface area contributed by atoms with Gasteiger partial charge in [-0.1, -0.05) is 66.0 Å². The maximum Gasteiger partial charge on any atom is 0.302 e. The minimum absolute atomic E-state index is 0.00456. The van der Waals surface area contributed by atoms with Gasteiger partial charge in [-0.25, -0.2) is 0 Å². The second-order valence-corrected chi connectivity index (χ2v) is 18.0. The topological polar surface area (TPSA) is 98.5 Å². The first-order valence-corrected chi connectivity index (χ1v) is 19.0. The number of fused-ring (bicyclic) bond motifs is 7. The fraction of sp³-hybridized carbons (Fsp3) is 0.875. The highest BCUT2D eigenvalue weighted by molar-refractivity contribution is 5.98. The largest absolute Gasteiger partial charge is 0.462 e. The molecule has 0 heterocycles. The molecule has 0 aliphatic heterocycles. The first-order chi connectivity index (χ1) is 21.6. The molecule has 0 radical (unpaired) electrons. The van der Waals surface area contributed by atoms with Crippen LogP contribution in [-0.2, 0) is 19.1 Å². The number of esters is 1. The first kappa shape index (κ1) is 35.6. The van der Waals surface area contributed by atoms with Crippen molar-refractivity contribution in [2.45, 2.75) is 157 Å². The van der Waals surface area contributed by atoms with Gasteiger partial charge in [0.1, 0.15) is 6.10 Å². The Kier molecular flexibility index (Phi) is 10.0. The van der Waals surface area contributed by atoms with E-state index in [9.17, 15) is 14.4 Å². The molecule has 0 aromatic rings. The zero-order chi connectivity index (χ0) is 33.7. The summed E-state index contributed by atoms with van der Waals surface area (Å²) in [5.41, 5.74) is 6.80. The van der Waals surface area contributed by atoms with E-state index in [0.29, 0.717) is 30.1 Å². The van der Waals surface area contributed by atoms with Gasteiger partial charge in [-0.2, -0.15) is 0 Å². The molecule has 0 saturated heterocycles. The van der Waals surface area contributed by atoms with Crippen LogP contribution in [0.25, 0.3) is 0 Å². The molecule has 5 saturated carbocycles. The fourth-order valence-corrected chi connectivity index (χ4v) is 13.2. The van der Waals surface area contributed by atoms with Crippen molar-refractivity contribution in [1.82, 2.24) is 5.32 Å². The summed E-state index contributed by atoms with van der Waals surface area (Å²) in [5, 5.41) is 2.95. The molecule has 5 rings (SSSR count). The molecule has 0 spiro atoms. The average molecular weight is 639 g/mol. The predicted molar refractivity (Wildman–Crippen MR) is 184 cm³/mol. The van der Waals surface area contributed by atoms with Crippen LogP contribution < -0.4 is 11.1 Å². The van der Waals surface area contributed by atoms with Crippen LogP contribution in [0.3, 0.4) is 0 Å². The Morgan fingerprint density at radius 1 is 0.783 bits per heavy atom. The van der Waals surface area contributed by atoms with Crippen LogP contribution in [0.15, 0.2) is 12.2 Å². The number of rotatable bonds is 10. The summed E-state index contributed by atoms with van der Waals surface area (Å²) in [6.45, 7) is 21.4. The van der Waals surface area contributed by atoms with Crippen molar-refractivity contribution in [1.29, 1.82) is 0 Å². The number of carbonyl (C=O) groups is 3. The van der Waals surface area contributed by atoms with Crippen LogP contribution in [0, 0.1) is 56.7 Å². The monoisotopic (exact) mass is 639 g/mol. The van der Waals surface area contributed by atoms with E-state index in [-0.39, 0.29) is 51.5 Å². The zero-order valence-electron chi connectivity index (χ0n) is 30.4. The normalized spacial score (nSPS) is 42.5. The van der Waals surface area contributed by atoms with Crippen LogP contribution in [-0.4, -0.2) is 30.4 Å². The van der Waals surface area contributed by atoms with Gasteiger partial charge in [-0.05, 0) is 136 Å². The third kappa shape index (κ3) is 5.62. The van der Waals surface area contributed by atoms with E-state index in [4.69, 9.17) is 10.5 Å². The minimum Gasteiger partial charge on any atom is -0.462 e. The molecule has 5 fully saturated rings. The molecule has 3 N–H and O–H groups in total. The van der Waals surface area contributed by atoms with Crippen LogP contribution in [0.5, 0.6) is 0 Å². The molecule has 2 amide bonds. The van der Waals surface area contributed by atoms with Gasteiger partial charge >= 0.3 is 5.97 Å². The second kappa shape index (κ2) is 13.0. The van der Waals surface area contributed by atoms with E-state index < -0.39 is 5.41 Å². The third-order valence-electron chi connectivity index (χ3n) is 15.6. The Hall–Kier alpha value is -1.69. The van der Waals surface area contributed by atoms with Crippen molar-refractivity contribution in [2.75, 3.05) is 6.54 Å². The molecule has 6 heteroatoms. The number of nitrogens with two attached hydrogens (primary N) is 1. The number of amides is 2. The molecule has 5 aliphatic carbocycles. The Morgan fingerprint density at radius 2 is 1.48 bits per heavy atom. The highest BCUT2D eigenvalue weighted by Gasteiger charge is 2.72. The maximum atomic E-state index is 14.3. The van der Waals surface area contributed by atoms with Gasteiger partial charge in [-0.3, -0.25) is 19.7 Å². The lowest BCUT2D eigenvalue weighted by molar-refractivity contribution is -0.248. The van der Waals surface area contributed by atoms with Crippen molar-refractivity contribution in [3.63, 3.8) is 0 Å². The van der Waals surface area contributed by atoms with Gasteiger partial charge in [0.2, 0.25) is 11.8 Å². The second-order valence-electron chi connectivity index (χ2n) is 18.0. The third-order valence-corrected chi connectivity index (χ3v) is 15.6. The standard InChI is InChI=1S/C40H66N2O4/c1-26(2)28-17-22-40(35(45)42-33(44)14-12-10-9-11-13-25-41)24-23-38(7)29(34(28)40)15-16-31-37(6)20-19-32(46-27(3)43)36(4,5)30(37)18-21-39(31,38)8/h28-32,34H,1,9-25,41H2,2-8H3,(H,42,44,45)/t28-,29+,30-,31?,32-,34+,37-,38+,39+,40-/m0/s1. The van der Waals surface area contributed by atoms with Crippen LogP contribution in [0.2, 0.25) is 0 Å². The lowest BCUT2D eigenvalue weighted by Gasteiger charge is -2.72. The molecule has 10 atom stereocenters. The van der Waals surface area contributed by atoms with Crippen LogP contribution in [0.1, 0.15) is 151 Å². The van der Waals surface area contributed by atoms with Crippen LogP contribution >= 0.6 is 0 Å². The summed E-state index contributed by atoms with van der Waals surface area (Å²) in [7, 11) is 0. The molecule has 46 heavy (non-hydrogen) atoms. The van der Waals surface area contributed by atoms with Gasteiger partial charge in [-0.15, -0.1) is 0 Å².